The van der Waals surface area contributed by atoms with Gasteiger partial charge < -0.3 is 4.74 Å². The molecule has 0 spiro atoms. The van der Waals surface area contributed by atoms with Crippen molar-refractivity contribution >= 4 is 5.97 Å². The van der Waals surface area contributed by atoms with Crippen molar-refractivity contribution in [2.45, 2.75) is 0 Å². The molecule has 0 fully saturated rings. The highest BCUT2D eigenvalue weighted by Gasteiger charge is 1.92. The maximum absolute atomic E-state index is 10.0. The minimum atomic E-state index is -0.491. The Balaban J connectivity index is 3.17. The Labute approximate surface area is 42.8 Å². The van der Waals surface area contributed by atoms with Crippen LogP contribution in [0.3, 0.4) is 0 Å². The molecule has 0 amide bonds. The standard InChI is InChI=1S/C5H6O2/c1-3-4-5(6)7-2/h3H,1H2,2H3. The maximum atomic E-state index is 10.0. The Morgan fingerprint density at radius 3 is 2.71 bits per heavy atom. The molecule has 0 bridgehead atoms. The topological polar surface area (TPSA) is 26.3 Å². The van der Waals surface area contributed by atoms with Crippen molar-refractivity contribution in [2.24, 2.45) is 0 Å². The van der Waals surface area contributed by atoms with Gasteiger partial charge in [0.15, 0.2) is 0 Å². The average Bonchev–Trinajstić information content (AvgIpc) is 1.68. The first kappa shape index (κ1) is 6.21. The number of rotatable bonds is 2. The third-order valence-corrected chi connectivity index (χ3v) is 0.405. The minimum Gasteiger partial charge on any atom is -0.468 e. The minimum absolute atomic E-state index is 0.491. The Bertz CT molecular complexity index is 76.1. The van der Waals surface area contributed by atoms with E-state index in [9.17, 15) is 4.79 Å². The van der Waals surface area contributed by atoms with Gasteiger partial charge in [-0.15, -0.1) is 6.58 Å². The van der Waals surface area contributed by atoms with E-state index in [0.29, 0.717) is 0 Å². The lowest BCUT2D eigenvalue weighted by Gasteiger charge is -1.87. The number of methoxy groups -OCH3 is 1. The zero-order chi connectivity index (χ0) is 5.70. The average molecular weight is 98.1 g/mol. The van der Waals surface area contributed by atoms with Crippen LogP contribution in [0, 0.1) is 6.42 Å². The summed E-state index contributed by atoms with van der Waals surface area (Å²) in [5.41, 5.74) is 0. The van der Waals surface area contributed by atoms with Crippen LogP contribution < -0.4 is 0 Å². The van der Waals surface area contributed by atoms with Gasteiger partial charge in [0.1, 0.15) is 6.42 Å². The molecule has 2 radical (unpaired) electrons. The Morgan fingerprint density at radius 1 is 2.00 bits per heavy atom. The van der Waals surface area contributed by atoms with Crippen LogP contribution in [0.25, 0.3) is 0 Å². The molecular weight excluding hydrogens is 92.1 g/mol. The largest absolute Gasteiger partial charge is 0.468 e. The molecule has 0 heterocycles. The normalized spacial score (nSPS) is 7.57. The smallest absolute Gasteiger partial charge is 0.318 e. The number of hydrogen-bond donors (Lipinski definition) is 0. The summed E-state index contributed by atoms with van der Waals surface area (Å²) in [6, 6.07) is 0. The molecule has 38 valence electrons. The molecule has 2 heteroatoms. The van der Waals surface area contributed by atoms with E-state index in [4.69, 9.17) is 0 Å². The first-order valence-corrected chi connectivity index (χ1v) is 1.76. The molecular formula is C5H6O2. The number of hydrogen-bond acceptors (Lipinski definition) is 2. The molecule has 0 saturated heterocycles. The second-order valence-electron chi connectivity index (χ2n) is 0.840. The van der Waals surface area contributed by atoms with Crippen molar-refractivity contribution in [3.63, 3.8) is 0 Å². The van der Waals surface area contributed by atoms with Gasteiger partial charge in [0.2, 0.25) is 0 Å². The van der Waals surface area contributed by atoms with E-state index in [2.05, 4.69) is 17.7 Å². The molecule has 0 aliphatic carbocycles. The van der Waals surface area contributed by atoms with Crippen LogP contribution in [0.15, 0.2) is 12.7 Å². The summed E-state index contributed by atoms with van der Waals surface area (Å²) < 4.78 is 4.17. The fourth-order valence-electron chi connectivity index (χ4n) is 0.142. The van der Waals surface area contributed by atoms with Gasteiger partial charge in [-0.25, -0.2) is 0 Å². The fourth-order valence-corrected chi connectivity index (χ4v) is 0.142. The molecule has 0 aromatic heterocycles. The van der Waals surface area contributed by atoms with Crippen molar-refractivity contribution in [3.05, 3.63) is 19.1 Å². The second-order valence-corrected chi connectivity index (χ2v) is 0.840. The molecule has 7 heavy (non-hydrogen) atoms. The van der Waals surface area contributed by atoms with Gasteiger partial charge in [-0.2, -0.15) is 0 Å². The maximum Gasteiger partial charge on any atom is 0.318 e. The van der Waals surface area contributed by atoms with E-state index >= 15 is 0 Å². The van der Waals surface area contributed by atoms with Gasteiger partial charge in [0.25, 0.3) is 0 Å². The van der Waals surface area contributed by atoms with Crippen LogP contribution in [0.5, 0.6) is 0 Å². The Kier molecular flexibility index (Phi) is 3.02. The second kappa shape index (κ2) is 3.40. The Morgan fingerprint density at radius 2 is 2.57 bits per heavy atom. The summed E-state index contributed by atoms with van der Waals surface area (Å²) >= 11 is 0. The predicted octanol–water partition coefficient (Wildman–Crippen LogP) is 0.427. The monoisotopic (exact) mass is 98.0 g/mol. The number of ether oxygens (including phenoxy) is 1. The van der Waals surface area contributed by atoms with Crippen molar-refractivity contribution in [3.8, 4) is 0 Å². The van der Waals surface area contributed by atoms with Crippen LogP contribution >= 0.6 is 0 Å². The van der Waals surface area contributed by atoms with Gasteiger partial charge in [-0.1, -0.05) is 6.08 Å². The summed E-state index contributed by atoms with van der Waals surface area (Å²) in [5, 5.41) is 0. The molecule has 0 N–H and O–H groups in total. The predicted molar refractivity (Wildman–Crippen MR) is 25.5 cm³/mol. The molecule has 0 aliphatic heterocycles. The molecule has 0 aromatic carbocycles. The quantitative estimate of drug-likeness (QED) is 0.468. The zero-order valence-corrected chi connectivity index (χ0v) is 4.10. The van der Waals surface area contributed by atoms with Crippen molar-refractivity contribution in [1.29, 1.82) is 0 Å². The van der Waals surface area contributed by atoms with Gasteiger partial charge in [0, 0.05) is 0 Å². The van der Waals surface area contributed by atoms with E-state index in [-0.39, 0.29) is 0 Å². The Hall–Kier alpha value is -0.790. The molecule has 0 saturated carbocycles. The zero-order valence-electron chi connectivity index (χ0n) is 4.10. The van der Waals surface area contributed by atoms with Gasteiger partial charge >= 0.3 is 5.97 Å². The molecule has 0 aliphatic rings. The highest BCUT2D eigenvalue weighted by Crippen LogP contribution is 1.79. The number of esters is 1. The van der Waals surface area contributed by atoms with Crippen LogP contribution in [0.1, 0.15) is 0 Å². The van der Waals surface area contributed by atoms with Crippen LogP contribution in [0.4, 0.5) is 0 Å². The molecule has 0 unspecified atom stereocenters. The first-order valence-electron chi connectivity index (χ1n) is 1.76. The van der Waals surface area contributed by atoms with E-state index in [1.54, 1.807) is 0 Å². The third-order valence-electron chi connectivity index (χ3n) is 0.405. The SMILES string of the molecule is C=C[C]C(=O)OC. The molecule has 0 aromatic rings. The molecule has 0 rings (SSSR count). The third kappa shape index (κ3) is 3.03. The van der Waals surface area contributed by atoms with Gasteiger partial charge in [0.05, 0.1) is 7.11 Å². The van der Waals surface area contributed by atoms with Crippen LogP contribution in [-0.2, 0) is 9.53 Å². The summed E-state index contributed by atoms with van der Waals surface area (Å²) in [7, 11) is 1.29. The van der Waals surface area contributed by atoms with Crippen molar-refractivity contribution in [1.82, 2.24) is 0 Å². The van der Waals surface area contributed by atoms with E-state index in [0.717, 1.165) is 0 Å². The lowest BCUT2D eigenvalue weighted by Crippen LogP contribution is -1.96. The summed E-state index contributed by atoms with van der Waals surface area (Å²) in [5.74, 6) is -0.491. The lowest BCUT2D eigenvalue weighted by atomic mass is 10.4. The lowest BCUT2D eigenvalue weighted by molar-refractivity contribution is -0.136. The fraction of sp³-hybridized carbons (Fsp3) is 0.200. The van der Waals surface area contributed by atoms with Crippen molar-refractivity contribution < 1.29 is 9.53 Å². The highest BCUT2D eigenvalue weighted by atomic mass is 16.5. The van der Waals surface area contributed by atoms with Crippen LogP contribution in [0.2, 0.25) is 0 Å². The van der Waals surface area contributed by atoms with Gasteiger partial charge in [-0.05, 0) is 0 Å². The molecule has 0 atom stereocenters. The highest BCUT2D eigenvalue weighted by molar-refractivity contribution is 5.80. The van der Waals surface area contributed by atoms with Crippen molar-refractivity contribution in [2.75, 3.05) is 7.11 Å². The van der Waals surface area contributed by atoms with Crippen LogP contribution in [-0.4, -0.2) is 13.1 Å². The summed E-state index contributed by atoms with van der Waals surface area (Å²) in [4.78, 5) is 10.0. The summed E-state index contributed by atoms with van der Waals surface area (Å²) in [6.07, 6.45) is 3.45. The van der Waals surface area contributed by atoms with E-state index in [1.165, 1.54) is 13.2 Å². The van der Waals surface area contributed by atoms with E-state index < -0.39 is 5.97 Å². The first-order chi connectivity index (χ1) is 3.31. The molecule has 2 nitrogen and oxygen atoms in total. The summed E-state index contributed by atoms with van der Waals surface area (Å²) in [6.45, 7) is 3.24. The number of carbonyl (C=O) groups excluding carboxylic acids is 1. The van der Waals surface area contributed by atoms with Gasteiger partial charge in [-0.3, -0.25) is 4.79 Å². The van der Waals surface area contributed by atoms with E-state index in [1.807, 2.05) is 0 Å². The number of carbonyl (C=O) groups is 1.